The average Bonchev–Trinajstić information content (AvgIpc) is 2.52. The first kappa shape index (κ1) is 23.9. The van der Waals surface area contributed by atoms with Gasteiger partial charge in [0.1, 0.15) is 0 Å². The standard InChI is InChI=1S/C19H42NO3S/c1-4-5-6-7-8-9-10-11-12-13-14-15-17-20(2,3)18-16-19-23-24(21)22/h24H,4-19H2,1-3H3/q+1. The molecule has 0 aliphatic carbocycles. The van der Waals surface area contributed by atoms with Crippen molar-refractivity contribution >= 4 is 11.0 Å². The first-order valence-electron chi connectivity index (χ1n) is 10.1. The van der Waals surface area contributed by atoms with Crippen LogP contribution in [-0.2, 0) is 15.2 Å². The number of nitrogens with zero attached hydrogens (tertiary/aromatic N) is 1. The van der Waals surface area contributed by atoms with E-state index in [1.807, 2.05) is 0 Å². The first-order valence-corrected chi connectivity index (χ1v) is 11.2. The van der Waals surface area contributed by atoms with Gasteiger partial charge in [-0.25, -0.2) is 8.42 Å². The summed E-state index contributed by atoms with van der Waals surface area (Å²) in [6.45, 7) is 4.73. The van der Waals surface area contributed by atoms with Crippen LogP contribution >= 0.6 is 0 Å². The van der Waals surface area contributed by atoms with Gasteiger partial charge in [0.05, 0.1) is 33.8 Å². The molecule has 0 aromatic rings. The fraction of sp³-hybridized carbons (Fsp3) is 1.00. The largest absolute Gasteiger partial charge is 0.328 e. The minimum Gasteiger partial charge on any atom is -0.328 e. The van der Waals surface area contributed by atoms with Crippen LogP contribution in [0.5, 0.6) is 0 Å². The maximum absolute atomic E-state index is 10.3. The zero-order chi connectivity index (χ0) is 18.1. The summed E-state index contributed by atoms with van der Waals surface area (Å²) in [5.41, 5.74) is 0. The zero-order valence-electron chi connectivity index (χ0n) is 16.4. The van der Waals surface area contributed by atoms with Gasteiger partial charge in [-0.2, -0.15) is 0 Å². The van der Waals surface area contributed by atoms with E-state index in [-0.39, 0.29) is 0 Å². The van der Waals surface area contributed by atoms with E-state index in [0.29, 0.717) is 6.61 Å². The van der Waals surface area contributed by atoms with E-state index in [2.05, 4.69) is 25.2 Å². The van der Waals surface area contributed by atoms with Crippen molar-refractivity contribution in [3.8, 4) is 0 Å². The Bertz CT molecular complexity index is 336. The Morgan fingerprint density at radius 1 is 0.667 bits per heavy atom. The molecule has 0 fully saturated rings. The molecule has 0 unspecified atom stereocenters. The van der Waals surface area contributed by atoms with Crippen molar-refractivity contribution in [2.24, 2.45) is 0 Å². The quantitative estimate of drug-likeness (QED) is 0.218. The molecule has 0 atom stereocenters. The van der Waals surface area contributed by atoms with Gasteiger partial charge in [-0.05, 0) is 12.8 Å². The van der Waals surface area contributed by atoms with Crippen LogP contribution in [0.25, 0.3) is 0 Å². The fourth-order valence-electron chi connectivity index (χ4n) is 3.12. The fourth-order valence-corrected chi connectivity index (χ4v) is 3.40. The molecule has 0 aromatic carbocycles. The minimum atomic E-state index is -2.68. The van der Waals surface area contributed by atoms with Crippen LogP contribution in [0, 0.1) is 0 Å². The highest BCUT2D eigenvalue weighted by molar-refractivity contribution is 7.67. The molecule has 0 spiro atoms. The summed E-state index contributed by atoms with van der Waals surface area (Å²) in [6, 6.07) is 0. The van der Waals surface area contributed by atoms with E-state index in [1.165, 1.54) is 83.6 Å². The summed E-state index contributed by atoms with van der Waals surface area (Å²) in [7, 11) is 1.75. The monoisotopic (exact) mass is 364 g/mol. The second-order valence-corrected chi connectivity index (χ2v) is 8.39. The molecule has 0 aromatic heterocycles. The van der Waals surface area contributed by atoms with E-state index in [0.717, 1.165) is 17.4 Å². The molecule has 0 bridgehead atoms. The van der Waals surface area contributed by atoms with Gasteiger partial charge in [0.15, 0.2) is 0 Å². The number of hydrogen-bond donors (Lipinski definition) is 1. The van der Waals surface area contributed by atoms with Crippen molar-refractivity contribution in [1.29, 1.82) is 0 Å². The number of thiol groups is 1. The van der Waals surface area contributed by atoms with Crippen LogP contribution in [0.4, 0.5) is 0 Å². The van der Waals surface area contributed by atoms with E-state index < -0.39 is 11.0 Å². The lowest BCUT2D eigenvalue weighted by Gasteiger charge is -2.29. The number of hydrogen-bond acceptors (Lipinski definition) is 3. The Morgan fingerprint density at radius 2 is 1.08 bits per heavy atom. The zero-order valence-corrected chi connectivity index (χ0v) is 17.3. The maximum atomic E-state index is 10.3. The number of unbranched alkanes of at least 4 members (excludes halogenated alkanes) is 11. The Hall–Kier alpha value is -0.130. The van der Waals surface area contributed by atoms with Crippen molar-refractivity contribution < 1.29 is 17.1 Å². The van der Waals surface area contributed by atoms with Crippen LogP contribution in [0.2, 0.25) is 0 Å². The van der Waals surface area contributed by atoms with Gasteiger partial charge in [-0.1, -0.05) is 71.1 Å². The Balaban J connectivity index is 3.32. The van der Waals surface area contributed by atoms with Crippen LogP contribution < -0.4 is 0 Å². The highest BCUT2D eigenvalue weighted by Gasteiger charge is 2.13. The first-order chi connectivity index (χ1) is 11.5. The van der Waals surface area contributed by atoms with Gasteiger partial charge < -0.3 is 4.48 Å². The van der Waals surface area contributed by atoms with Gasteiger partial charge in [0, 0.05) is 6.42 Å². The van der Waals surface area contributed by atoms with Crippen molar-refractivity contribution in [2.45, 2.75) is 90.4 Å². The third-order valence-corrected chi connectivity index (χ3v) is 5.11. The lowest BCUT2D eigenvalue weighted by atomic mass is 10.1. The topological polar surface area (TPSA) is 43.4 Å². The van der Waals surface area contributed by atoms with E-state index in [9.17, 15) is 8.42 Å². The molecule has 4 nitrogen and oxygen atoms in total. The average molecular weight is 365 g/mol. The highest BCUT2D eigenvalue weighted by Crippen LogP contribution is 2.12. The Kier molecular flexibility index (Phi) is 16.3. The van der Waals surface area contributed by atoms with E-state index in [1.54, 1.807) is 0 Å². The molecule has 0 aliphatic heterocycles. The lowest BCUT2D eigenvalue weighted by Crippen LogP contribution is -2.41. The minimum absolute atomic E-state index is 0.318. The molecule has 0 N–H and O–H groups in total. The van der Waals surface area contributed by atoms with Crippen molar-refractivity contribution in [3.63, 3.8) is 0 Å². The molecule has 146 valence electrons. The van der Waals surface area contributed by atoms with Crippen LogP contribution in [0.1, 0.15) is 90.4 Å². The van der Waals surface area contributed by atoms with E-state index >= 15 is 0 Å². The molecule has 24 heavy (non-hydrogen) atoms. The smallest absolute Gasteiger partial charge is 0.257 e. The third kappa shape index (κ3) is 18.2. The van der Waals surface area contributed by atoms with Crippen LogP contribution in [0.15, 0.2) is 0 Å². The summed E-state index contributed by atoms with van der Waals surface area (Å²) < 4.78 is 26.2. The molecular weight excluding hydrogens is 322 g/mol. The number of quaternary nitrogens is 1. The second kappa shape index (κ2) is 16.3. The second-order valence-electron chi connectivity index (χ2n) is 7.68. The SMILES string of the molecule is CCCCCCCCCCCCCC[N+](C)(C)CCCO[SH](=O)=O. The summed E-state index contributed by atoms with van der Waals surface area (Å²) >= 11 is 0. The highest BCUT2D eigenvalue weighted by atomic mass is 32.2. The third-order valence-electron chi connectivity index (χ3n) is 4.72. The summed E-state index contributed by atoms with van der Waals surface area (Å²) in [6.07, 6.45) is 17.4. The van der Waals surface area contributed by atoms with Gasteiger partial charge in [-0.15, -0.1) is 0 Å². The molecule has 5 heteroatoms. The van der Waals surface area contributed by atoms with Gasteiger partial charge in [0.2, 0.25) is 0 Å². The molecule has 0 saturated heterocycles. The normalized spacial score (nSPS) is 12.2. The van der Waals surface area contributed by atoms with Gasteiger partial charge in [-0.3, -0.25) is 4.18 Å². The summed E-state index contributed by atoms with van der Waals surface area (Å²) in [5.74, 6) is 0. The van der Waals surface area contributed by atoms with Gasteiger partial charge >= 0.3 is 0 Å². The van der Waals surface area contributed by atoms with Crippen LogP contribution in [0.3, 0.4) is 0 Å². The summed E-state index contributed by atoms with van der Waals surface area (Å²) in [5, 5.41) is 0. The van der Waals surface area contributed by atoms with Crippen molar-refractivity contribution in [1.82, 2.24) is 0 Å². The molecular formula is C19H42NO3S+. The number of rotatable bonds is 18. The van der Waals surface area contributed by atoms with Crippen LogP contribution in [-0.4, -0.2) is 46.7 Å². The molecule has 0 saturated carbocycles. The molecule has 0 heterocycles. The Labute approximate surface area is 152 Å². The maximum Gasteiger partial charge on any atom is 0.257 e. The molecule has 0 aliphatic rings. The predicted octanol–water partition coefficient (Wildman–Crippen LogP) is 4.70. The molecule has 0 rings (SSSR count). The predicted molar refractivity (Wildman–Crippen MR) is 104 cm³/mol. The van der Waals surface area contributed by atoms with Gasteiger partial charge in [0.25, 0.3) is 11.0 Å². The Morgan fingerprint density at radius 3 is 1.54 bits per heavy atom. The van der Waals surface area contributed by atoms with Crippen molar-refractivity contribution in [2.75, 3.05) is 33.8 Å². The van der Waals surface area contributed by atoms with Crippen molar-refractivity contribution in [3.05, 3.63) is 0 Å². The molecule has 0 radical (unpaired) electrons. The van der Waals surface area contributed by atoms with E-state index in [4.69, 9.17) is 0 Å². The summed E-state index contributed by atoms with van der Waals surface area (Å²) in [4.78, 5) is 0. The lowest BCUT2D eigenvalue weighted by molar-refractivity contribution is -0.890. The molecule has 0 amide bonds.